The minimum absolute atomic E-state index is 0.159. The maximum atomic E-state index is 8.67. The Morgan fingerprint density at radius 2 is 1.73 bits per heavy atom. The SMILES string of the molecule is COc1cc2nc(N(C)CC3(c4ccccc4)CCN(C(=N)Nc4cccc(Cl)c4)CC3)nc(N)c2cc1OC. The number of hydrogen-bond donors (Lipinski definition) is 3. The van der Waals surface area contributed by atoms with E-state index < -0.39 is 0 Å². The molecule has 1 fully saturated rings. The Kier molecular flexibility index (Phi) is 7.84. The van der Waals surface area contributed by atoms with Crippen LogP contribution in [0.1, 0.15) is 18.4 Å². The summed E-state index contributed by atoms with van der Waals surface area (Å²) in [7, 11) is 5.19. The van der Waals surface area contributed by atoms with E-state index in [0.29, 0.717) is 51.7 Å². The lowest BCUT2D eigenvalue weighted by Gasteiger charge is -2.44. The van der Waals surface area contributed by atoms with Crippen molar-refractivity contribution >= 4 is 45.9 Å². The standard InChI is InChI=1S/C30H34ClN7O2/c1-37(29-35-24-18-26(40-3)25(39-2)17-23(24)27(32)36-29)19-30(20-8-5-4-6-9-20)12-14-38(15-13-30)28(33)34-22-11-7-10-21(31)16-22/h4-11,16-18H,12-15,19H2,1-3H3,(H2,33,34)(H2,32,35,36). The van der Waals surface area contributed by atoms with Gasteiger partial charge >= 0.3 is 0 Å². The number of ether oxygens (including phenoxy) is 2. The maximum Gasteiger partial charge on any atom is 0.227 e. The fraction of sp³-hybridized carbons (Fsp3) is 0.300. The quantitative estimate of drug-likeness (QED) is 0.204. The zero-order valence-electron chi connectivity index (χ0n) is 22.9. The number of nitrogen functional groups attached to an aromatic ring is 1. The second kappa shape index (κ2) is 11.5. The molecule has 3 aromatic carbocycles. The van der Waals surface area contributed by atoms with E-state index in [1.807, 2.05) is 43.4 Å². The molecular weight excluding hydrogens is 526 g/mol. The highest BCUT2D eigenvalue weighted by Crippen LogP contribution is 2.38. The summed E-state index contributed by atoms with van der Waals surface area (Å²) in [5.74, 6) is 2.47. The van der Waals surface area contributed by atoms with Gasteiger partial charge in [-0.3, -0.25) is 5.41 Å². The van der Waals surface area contributed by atoms with E-state index in [-0.39, 0.29) is 5.41 Å². The number of likely N-dealkylation sites (tertiary alicyclic amines) is 1. The molecule has 0 spiro atoms. The number of anilines is 3. The number of nitrogens with two attached hydrogens (primary N) is 1. The summed E-state index contributed by atoms with van der Waals surface area (Å²) in [6.45, 7) is 2.15. The number of halogens is 1. The summed E-state index contributed by atoms with van der Waals surface area (Å²) in [6, 6.07) is 21.6. The molecule has 1 saturated heterocycles. The molecule has 4 N–H and O–H groups in total. The van der Waals surface area contributed by atoms with E-state index in [9.17, 15) is 0 Å². The Labute approximate surface area is 239 Å². The van der Waals surface area contributed by atoms with Gasteiger partial charge in [0, 0.05) is 54.3 Å². The van der Waals surface area contributed by atoms with Crippen molar-refractivity contribution in [3.8, 4) is 11.5 Å². The van der Waals surface area contributed by atoms with Crippen molar-refractivity contribution in [2.24, 2.45) is 0 Å². The molecule has 10 heteroatoms. The Morgan fingerprint density at radius 1 is 1.02 bits per heavy atom. The van der Waals surface area contributed by atoms with Crippen LogP contribution in [-0.4, -0.2) is 61.7 Å². The highest BCUT2D eigenvalue weighted by Gasteiger charge is 2.38. The van der Waals surface area contributed by atoms with Gasteiger partial charge in [0.05, 0.1) is 19.7 Å². The minimum Gasteiger partial charge on any atom is -0.493 e. The van der Waals surface area contributed by atoms with Crippen LogP contribution in [0.25, 0.3) is 10.9 Å². The van der Waals surface area contributed by atoms with E-state index in [0.717, 1.165) is 31.6 Å². The molecule has 208 valence electrons. The van der Waals surface area contributed by atoms with Gasteiger partial charge in [0.15, 0.2) is 17.5 Å². The number of aromatic nitrogens is 2. The molecule has 5 rings (SSSR count). The largest absolute Gasteiger partial charge is 0.493 e. The van der Waals surface area contributed by atoms with Crippen molar-refractivity contribution in [1.29, 1.82) is 5.41 Å². The van der Waals surface area contributed by atoms with E-state index in [4.69, 9.17) is 37.2 Å². The molecule has 4 aromatic rings. The number of hydrogen-bond acceptors (Lipinski definition) is 7. The van der Waals surface area contributed by atoms with Gasteiger partial charge in [-0.2, -0.15) is 4.98 Å². The van der Waals surface area contributed by atoms with Crippen LogP contribution in [0.2, 0.25) is 5.02 Å². The molecule has 0 aliphatic carbocycles. The van der Waals surface area contributed by atoms with Gasteiger partial charge < -0.3 is 30.3 Å². The Hall–Kier alpha value is -4.24. The molecule has 1 aliphatic rings. The summed E-state index contributed by atoms with van der Waals surface area (Å²) in [6.07, 6.45) is 1.71. The first-order valence-electron chi connectivity index (χ1n) is 13.1. The molecule has 0 saturated carbocycles. The lowest BCUT2D eigenvalue weighted by Crippen LogP contribution is -2.51. The number of benzene rings is 3. The number of guanidine groups is 1. The van der Waals surface area contributed by atoms with Gasteiger partial charge in [0.2, 0.25) is 5.95 Å². The van der Waals surface area contributed by atoms with Gasteiger partial charge in [-0.15, -0.1) is 0 Å². The third-order valence-corrected chi connectivity index (χ3v) is 7.85. The van der Waals surface area contributed by atoms with Gasteiger partial charge in [-0.1, -0.05) is 48.0 Å². The molecule has 40 heavy (non-hydrogen) atoms. The maximum absolute atomic E-state index is 8.67. The number of fused-ring (bicyclic) bond motifs is 1. The molecule has 1 aliphatic heterocycles. The fourth-order valence-electron chi connectivity index (χ4n) is 5.43. The Bertz CT molecular complexity index is 1510. The first-order valence-corrected chi connectivity index (χ1v) is 13.5. The normalized spacial score (nSPS) is 14.6. The number of methoxy groups -OCH3 is 2. The molecule has 0 radical (unpaired) electrons. The first kappa shape index (κ1) is 27.3. The van der Waals surface area contributed by atoms with Crippen molar-refractivity contribution in [3.05, 3.63) is 77.3 Å². The van der Waals surface area contributed by atoms with Crippen LogP contribution >= 0.6 is 11.6 Å². The smallest absolute Gasteiger partial charge is 0.227 e. The van der Waals surface area contributed by atoms with E-state index in [1.165, 1.54) is 5.56 Å². The third kappa shape index (κ3) is 5.56. The lowest BCUT2D eigenvalue weighted by molar-refractivity contribution is 0.227. The van der Waals surface area contributed by atoms with Gasteiger partial charge in [-0.05, 0) is 42.7 Å². The summed E-state index contributed by atoms with van der Waals surface area (Å²) < 4.78 is 10.9. The van der Waals surface area contributed by atoms with Crippen LogP contribution in [0.15, 0.2) is 66.7 Å². The highest BCUT2D eigenvalue weighted by atomic mass is 35.5. The van der Waals surface area contributed by atoms with Crippen LogP contribution in [0.4, 0.5) is 17.5 Å². The van der Waals surface area contributed by atoms with Crippen molar-refractivity contribution in [2.45, 2.75) is 18.3 Å². The Morgan fingerprint density at radius 3 is 2.40 bits per heavy atom. The molecule has 1 aromatic heterocycles. The van der Waals surface area contributed by atoms with Crippen LogP contribution in [0, 0.1) is 5.41 Å². The van der Waals surface area contributed by atoms with Crippen molar-refractivity contribution in [2.75, 3.05) is 56.9 Å². The molecule has 9 nitrogen and oxygen atoms in total. The van der Waals surface area contributed by atoms with E-state index in [1.54, 1.807) is 20.3 Å². The molecular formula is C30H34ClN7O2. The molecule has 2 heterocycles. The van der Waals surface area contributed by atoms with Crippen molar-refractivity contribution in [1.82, 2.24) is 14.9 Å². The van der Waals surface area contributed by atoms with Crippen LogP contribution in [-0.2, 0) is 5.41 Å². The monoisotopic (exact) mass is 559 g/mol. The van der Waals surface area contributed by atoms with Crippen LogP contribution < -0.4 is 25.4 Å². The minimum atomic E-state index is -0.159. The number of nitrogens with zero attached hydrogens (tertiary/aromatic N) is 4. The van der Waals surface area contributed by atoms with Crippen molar-refractivity contribution in [3.63, 3.8) is 0 Å². The molecule has 0 bridgehead atoms. The second-order valence-electron chi connectivity index (χ2n) is 10.1. The van der Waals surface area contributed by atoms with Gasteiger partial charge in [0.25, 0.3) is 0 Å². The highest BCUT2D eigenvalue weighted by molar-refractivity contribution is 6.30. The average molecular weight is 560 g/mol. The number of rotatable bonds is 7. The van der Waals surface area contributed by atoms with Gasteiger partial charge in [-0.25, -0.2) is 4.98 Å². The van der Waals surface area contributed by atoms with Crippen LogP contribution in [0.3, 0.4) is 0 Å². The molecule has 0 atom stereocenters. The number of nitrogens with one attached hydrogen (secondary N) is 2. The van der Waals surface area contributed by atoms with E-state index in [2.05, 4.69) is 44.4 Å². The number of piperidine rings is 1. The zero-order chi connectivity index (χ0) is 28.3. The fourth-order valence-corrected chi connectivity index (χ4v) is 5.62. The number of likely N-dealkylation sites (N-methyl/N-ethyl adjacent to an activating group) is 1. The average Bonchev–Trinajstić information content (AvgIpc) is 2.97. The van der Waals surface area contributed by atoms with E-state index >= 15 is 0 Å². The summed E-state index contributed by atoms with van der Waals surface area (Å²) in [4.78, 5) is 13.6. The van der Waals surface area contributed by atoms with Crippen molar-refractivity contribution < 1.29 is 9.47 Å². The predicted molar refractivity (Wildman–Crippen MR) is 162 cm³/mol. The zero-order valence-corrected chi connectivity index (χ0v) is 23.7. The lowest BCUT2D eigenvalue weighted by atomic mass is 9.72. The topological polar surface area (TPSA) is 113 Å². The summed E-state index contributed by atoms with van der Waals surface area (Å²) in [5, 5.41) is 13.2. The molecule has 0 unspecified atom stereocenters. The van der Waals surface area contributed by atoms with Gasteiger partial charge in [0.1, 0.15) is 5.82 Å². The first-order chi connectivity index (χ1) is 19.3. The molecule has 0 amide bonds. The summed E-state index contributed by atoms with van der Waals surface area (Å²) >= 11 is 6.13. The predicted octanol–water partition coefficient (Wildman–Crippen LogP) is 5.40. The third-order valence-electron chi connectivity index (χ3n) is 7.61. The Balaban J connectivity index is 1.38. The summed E-state index contributed by atoms with van der Waals surface area (Å²) in [5.41, 5.74) is 8.99. The van der Waals surface area contributed by atoms with Crippen LogP contribution in [0.5, 0.6) is 11.5 Å². The second-order valence-corrected chi connectivity index (χ2v) is 10.5.